The average Bonchev–Trinajstić information content (AvgIpc) is 3.10. The van der Waals surface area contributed by atoms with Crippen LogP contribution < -0.4 is 5.32 Å². The lowest BCUT2D eigenvalue weighted by atomic mass is 9.94. The molecule has 2 aromatic carbocycles. The highest BCUT2D eigenvalue weighted by atomic mass is 32.1. The topological polar surface area (TPSA) is 54.9 Å². The van der Waals surface area contributed by atoms with Crippen LogP contribution >= 0.6 is 11.3 Å². The summed E-state index contributed by atoms with van der Waals surface area (Å²) in [4.78, 5) is 23.2. The van der Waals surface area contributed by atoms with Crippen molar-refractivity contribution in [3.05, 3.63) is 76.3 Å². The molecule has 2 aromatic heterocycles. The number of anilines is 1. The highest BCUT2D eigenvalue weighted by Crippen LogP contribution is 2.38. The molecule has 0 aliphatic heterocycles. The van der Waals surface area contributed by atoms with Gasteiger partial charge in [-0.1, -0.05) is 36.4 Å². The number of amides is 1. The maximum absolute atomic E-state index is 12.7. The van der Waals surface area contributed by atoms with E-state index < -0.39 is 0 Å². The summed E-state index contributed by atoms with van der Waals surface area (Å²) in [6.45, 7) is 1.95. The SMILES string of the molecule is Cc1ccc2ccc(C(=O)Nc3nc4c(s3)CCc3ccccc3-4)cc2n1. The predicted molar refractivity (Wildman–Crippen MR) is 109 cm³/mol. The number of rotatable bonds is 2. The van der Waals surface area contributed by atoms with Gasteiger partial charge in [0.05, 0.1) is 11.2 Å². The fourth-order valence-corrected chi connectivity index (χ4v) is 4.50. The highest BCUT2D eigenvalue weighted by molar-refractivity contribution is 7.16. The molecule has 2 heterocycles. The molecule has 132 valence electrons. The molecule has 1 N–H and O–H groups in total. The van der Waals surface area contributed by atoms with Crippen molar-refractivity contribution in [1.82, 2.24) is 9.97 Å². The van der Waals surface area contributed by atoms with Gasteiger partial charge in [0.2, 0.25) is 0 Å². The lowest BCUT2D eigenvalue weighted by Crippen LogP contribution is -2.11. The van der Waals surface area contributed by atoms with Crippen molar-refractivity contribution < 1.29 is 4.79 Å². The van der Waals surface area contributed by atoms with E-state index in [4.69, 9.17) is 4.98 Å². The van der Waals surface area contributed by atoms with E-state index in [1.807, 2.05) is 43.3 Å². The van der Waals surface area contributed by atoms with E-state index in [2.05, 4.69) is 28.5 Å². The van der Waals surface area contributed by atoms with Crippen LogP contribution in [0.5, 0.6) is 0 Å². The Hall–Kier alpha value is -3.05. The number of nitrogens with zero attached hydrogens (tertiary/aromatic N) is 2. The molecule has 0 bridgehead atoms. The molecule has 4 aromatic rings. The number of hydrogen-bond donors (Lipinski definition) is 1. The normalized spacial score (nSPS) is 12.5. The van der Waals surface area contributed by atoms with E-state index in [0.717, 1.165) is 35.1 Å². The third-order valence-electron chi connectivity index (χ3n) is 4.91. The number of aromatic nitrogens is 2. The van der Waals surface area contributed by atoms with Gasteiger partial charge in [0.1, 0.15) is 0 Å². The molecule has 27 heavy (non-hydrogen) atoms. The molecule has 0 fully saturated rings. The van der Waals surface area contributed by atoms with Gasteiger partial charge in [0, 0.05) is 27.1 Å². The fraction of sp³-hybridized carbons (Fsp3) is 0.136. The Morgan fingerprint density at radius 3 is 2.81 bits per heavy atom. The minimum Gasteiger partial charge on any atom is -0.298 e. The summed E-state index contributed by atoms with van der Waals surface area (Å²) in [7, 11) is 0. The van der Waals surface area contributed by atoms with E-state index in [1.54, 1.807) is 11.3 Å². The summed E-state index contributed by atoms with van der Waals surface area (Å²) in [5.41, 5.74) is 5.87. The zero-order valence-corrected chi connectivity index (χ0v) is 15.6. The monoisotopic (exact) mass is 371 g/mol. The summed E-state index contributed by atoms with van der Waals surface area (Å²) in [5, 5.41) is 4.64. The maximum atomic E-state index is 12.7. The summed E-state index contributed by atoms with van der Waals surface area (Å²) in [6.07, 6.45) is 1.99. The van der Waals surface area contributed by atoms with Crippen molar-refractivity contribution in [2.45, 2.75) is 19.8 Å². The molecule has 5 rings (SSSR count). The number of carbonyl (C=O) groups is 1. The van der Waals surface area contributed by atoms with Gasteiger partial charge in [0.25, 0.3) is 5.91 Å². The van der Waals surface area contributed by atoms with E-state index in [9.17, 15) is 4.79 Å². The van der Waals surface area contributed by atoms with Gasteiger partial charge in [-0.05, 0) is 43.5 Å². The zero-order chi connectivity index (χ0) is 18.4. The van der Waals surface area contributed by atoms with E-state index in [1.165, 1.54) is 16.0 Å². The number of benzene rings is 2. The number of nitrogens with one attached hydrogen (secondary N) is 1. The molecule has 0 unspecified atom stereocenters. The Labute approximate surface area is 160 Å². The Bertz CT molecular complexity index is 1200. The van der Waals surface area contributed by atoms with Crippen LogP contribution in [0.1, 0.15) is 26.5 Å². The molecule has 0 spiro atoms. The van der Waals surface area contributed by atoms with Crippen LogP contribution in [0.2, 0.25) is 0 Å². The minimum absolute atomic E-state index is 0.153. The first-order valence-electron chi connectivity index (χ1n) is 8.94. The van der Waals surface area contributed by atoms with Gasteiger partial charge >= 0.3 is 0 Å². The molecule has 0 radical (unpaired) electrons. The molecule has 4 nitrogen and oxygen atoms in total. The molecule has 0 atom stereocenters. The molecule has 0 saturated carbocycles. The van der Waals surface area contributed by atoms with E-state index in [0.29, 0.717) is 10.7 Å². The Kier molecular flexibility index (Phi) is 3.76. The fourth-order valence-electron chi connectivity index (χ4n) is 3.53. The first kappa shape index (κ1) is 16.1. The number of carbonyl (C=O) groups excluding carboxylic acids is 1. The van der Waals surface area contributed by atoms with Crippen molar-refractivity contribution in [1.29, 1.82) is 0 Å². The van der Waals surface area contributed by atoms with Crippen molar-refractivity contribution in [3.63, 3.8) is 0 Å². The Morgan fingerprint density at radius 2 is 1.89 bits per heavy atom. The molecule has 1 amide bonds. The van der Waals surface area contributed by atoms with Crippen LogP contribution in [0.25, 0.3) is 22.2 Å². The van der Waals surface area contributed by atoms with Crippen molar-refractivity contribution in [3.8, 4) is 11.3 Å². The van der Waals surface area contributed by atoms with Gasteiger partial charge in [0.15, 0.2) is 5.13 Å². The zero-order valence-electron chi connectivity index (χ0n) is 14.8. The molecular weight excluding hydrogens is 354 g/mol. The van der Waals surface area contributed by atoms with Crippen LogP contribution in [0, 0.1) is 6.92 Å². The van der Waals surface area contributed by atoms with Gasteiger partial charge in [-0.2, -0.15) is 0 Å². The summed E-state index contributed by atoms with van der Waals surface area (Å²) >= 11 is 1.57. The molecule has 0 saturated heterocycles. The second kappa shape index (κ2) is 6.28. The molecule has 5 heteroatoms. The maximum Gasteiger partial charge on any atom is 0.257 e. The van der Waals surface area contributed by atoms with Gasteiger partial charge in [-0.15, -0.1) is 11.3 Å². The minimum atomic E-state index is -0.153. The Balaban J connectivity index is 1.45. The molecule has 1 aliphatic carbocycles. The second-order valence-corrected chi connectivity index (χ2v) is 7.85. The van der Waals surface area contributed by atoms with Gasteiger partial charge in [-0.3, -0.25) is 15.1 Å². The number of hydrogen-bond acceptors (Lipinski definition) is 4. The summed E-state index contributed by atoms with van der Waals surface area (Å²) in [5.74, 6) is -0.153. The van der Waals surface area contributed by atoms with Gasteiger partial charge < -0.3 is 0 Å². The van der Waals surface area contributed by atoms with E-state index >= 15 is 0 Å². The van der Waals surface area contributed by atoms with Crippen molar-refractivity contribution >= 4 is 33.3 Å². The predicted octanol–water partition coefficient (Wildman–Crippen LogP) is 5.02. The van der Waals surface area contributed by atoms with Crippen LogP contribution in [-0.4, -0.2) is 15.9 Å². The Morgan fingerprint density at radius 1 is 1.04 bits per heavy atom. The first-order chi connectivity index (χ1) is 13.2. The number of thiazole rings is 1. The number of pyridine rings is 1. The van der Waals surface area contributed by atoms with Crippen LogP contribution in [0.4, 0.5) is 5.13 Å². The second-order valence-electron chi connectivity index (χ2n) is 6.76. The summed E-state index contributed by atoms with van der Waals surface area (Å²) < 4.78 is 0. The number of fused-ring (bicyclic) bond motifs is 4. The molecular formula is C22H17N3OS. The average molecular weight is 371 g/mol. The van der Waals surface area contributed by atoms with Crippen molar-refractivity contribution in [2.75, 3.05) is 5.32 Å². The van der Waals surface area contributed by atoms with E-state index in [-0.39, 0.29) is 5.91 Å². The lowest BCUT2D eigenvalue weighted by molar-refractivity contribution is 0.102. The highest BCUT2D eigenvalue weighted by Gasteiger charge is 2.21. The van der Waals surface area contributed by atoms with Crippen LogP contribution in [0.3, 0.4) is 0 Å². The molecule has 1 aliphatic rings. The van der Waals surface area contributed by atoms with Gasteiger partial charge in [-0.25, -0.2) is 4.98 Å². The standard InChI is InChI=1S/C22H17N3OS/c1-13-6-7-15-8-9-16(12-18(15)23-13)21(26)25-22-24-20-17-5-3-2-4-14(17)10-11-19(20)27-22/h2-9,12H,10-11H2,1H3,(H,24,25,26). The smallest absolute Gasteiger partial charge is 0.257 e. The van der Waals surface area contributed by atoms with Crippen LogP contribution in [-0.2, 0) is 12.8 Å². The van der Waals surface area contributed by atoms with Crippen LogP contribution in [0.15, 0.2) is 54.6 Å². The first-order valence-corrected chi connectivity index (χ1v) is 9.76. The largest absolute Gasteiger partial charge is 0.298 e. The summed E-state index contributed by atoms with van der Waals surface area (Å²) in [6, 6.07) is 17.9. The quantitative estimate of drug-likeness (QED) is 0.538. The number of aryl methyl sites for hydroxylation is 3. The van der Waals surface area contributed by atoms with Crippen molar-refractivity contribution in [2.24, 2.45) is 0 Å². The third-order valence-corrected chi connectivity index (χ3v) is 5.94. The third kappa shape index (κ3) is 2.90. The lowest BCUT2D eigenvalue weighted by Gasteiger charge is -2.13.